The van der Waals surface area contributed by atoms with Crippen LogP contribution in [0.1, 0.15) is 6.92 Å². The second kappa shape index (κ2) is 4.37. The second-order valence-electron chi connectivity index (χ2n) is 3.83. The number of nitrogens with two attached hydrogens (primary N) is 1. The van der Waals surface area contributed by atoms with Gasteiger partial charge in [0.1, 0.15) is 5.82 Å². The van der Waals surface area contributed by atoms with Crippen LogP contribution >= 0.6 is 0 Å². The molecule has 0 aliphatic carbocycles. The van der Waals surface area contributed by atoms with Gasteiger partial charge in [0, 0.05) is 29.2 Å². The number of benzene rings is 1. The molecule has 4 N–H and O–H groups in total. The van der Waals surface area contributed by atoms with Gasteiger partial charge in [0.2, 0.25) is 0 Å². The topological polar surface area (TPSA) is 71.2 Å². The van der Waals surface area contributed by atoms with Gasteiger partial charge in [-0.1, -0.05) is 12.1 Å². The Labute approximate surface area is 94.1 Å². The van der Waals surface area contributed by atoms with E-state index in [9.17, 15) is 5.11 Å². The average molecular weight is 217 g/mol. The van der Waals surface area contributed by atoms with Gasteiger partial charge in [0.25, 0.3) is 0 Å². The first-order chi connectivity index (χ1) is 7.68. The van der Waals surface area contributed by atoms with Crippen molar-refractivity contribution in [3.8, 4) is 0 Å². The molecule has 1 aromatic heterocycles. The van der Waals surface area contributed by atoms with Crippen molar-refractivity contribution in [1.82, 2.24) is 4.98 Å². The molecule has 1 atom stereocenters. The maximum atomic E-state index is 9.23. The zero-order chi connectivity index (χ0) is 11.5. The Kier molecular flexibility index (Phi) is 2.92. The largest absolute Gasteiger partial charge is 0.398 e. The molecule has 4 nitrogen and oxygen atoms in total. The van der Waals surface area contributed by atoms with Crippen molar-refractivity contribution >= 4 is 22.3 Å². The van der Waals surface area contributed by atoms with Gasteiger partial charge in [-0.05, 0) is 19.1 Å². The predicted octanol–water partition coefficient (Wildman–Crippen LogP) is 1.61. The summed E-state index contributed by atoms with van der Waals surface area (Å²) in [6, 6.07) is 7.61. The van der Waals surface area contributed by atoms with Gasteiger partial charge in [-0.3, -0.25) is 0 Å². The Morgan fingerprint density at radius 1 is 1.38 bits per heavy atom. The van der Waals surface area contributed by atoms with E-state index in [0.717, 1.165) is 22.3 Å². The zero-order valence-electron chi connectivity index (χ0n) is 9.14. The number of anilines is 2. The molecule has 0 saturated carbocycles. The van der Waals surface area contributed by atoms with Crippen LogP contribution in [-0.2, 0) is 0 Å². The van der Waals surface area contributed by atoms with E-state index >= 15 is 0 Å². The summed E-state index contributed by atoms with van der Waals surface area (Å²) in [5, 5.41) is 14.3. The molecule has 2 aromatic rings. The van der Waals surface area contributed by atoms with Crippen LogP contribution in [0.2, 0.25) is 0 Å². The van der Waals surface area contributed by atoms with Gasteiger partial charge >= 0.3 is 0 Å². The van der Waals surface area contributed by atoms with Gasteiger partial charge in [-0.15, -0.1) is 0 Å². The molecule has 0 radical (unpaired) electrons. The van der Waals surface area contributed by atoms with Gasteiger partial charge in [-0.2, -0.15) is 0 Å². The molecule has 4 heteroatoms. The third-order valence-corrected chi connectivity index (χ3v) is 2.40. The number of hydrogen-bond acceptors (Lipinski definition) is 4. The Bertz CT molecular complexity index is 497. The standard InChI is InChI=1S/C12H15N3O/c1-8(16)7-15-12-10-3-2-4-11(13)9(10)5-6-14-12/h2-6,8,16H,7,13H2,1H3,(H,14,15). The Hall–Kier alpha value is -1.81. The summed E-state index contributed by atoms with van der Waals surface area (Å²) >= 11 is 0. The number of rotatable bonds is 3. The minimum Gasteiger partial charge on any atom is -0.398 e. The van der Waals surface area contributed by atoms with Crippen LogP contribution in [0.25, 0.3) is 10.8 Å². The van der Waals surface area contributed by atoms with Crippen LogP contribution < -0.4 is 11.1 Å². The smallest absolute Gasteiger partial charge is 0.133 e. The lowest BCUT2D eigenvalue weighted by molar-refractivity contribution is 0.208. The van der Waals surface area contributed by atoms with E-state index in [0.29, 0.717) is 6.54 Å². The van der Waals surface area contributed by atoms with Crippen molar-refractivity contribution in [3.63, 3.8) is 0 Å². The molecule has 0 spiro atoms. The number of hydrogen-bond donors (Lipinski definition) is 3. The predicted molar refractivity (Wildman–Crippen MR) is 66.3 cm³/mol. The average Bonchev–Trinajstić information content (AvgIpc) is 2.27. The summed E-state index contributed by atoms with van der Waals surface area (Å²) in [5.74, 6) is 0.755. The van der Waals surface area contributed by atoms with E-state index in [1.807, 2.05) is 24.3 Å². The number of fused-ring (bicyclic) bond motifs is 1. The number of pyridine rings is 1. The summed E-state index contributed by atoms with van der Waals surface area (Å²) in [5.41, 5.74) is 6.61. The summed E-state index contributed by atoms with van der Waals surface area (Å²) in [6.45, 7) is 2.20. The molecule has 0 amide bonds. The Balaban J connectivity index is 2.42. The first kappa shape index (κ1) is 10.7. The van der Waals surface area contributed by atoms with Crippen LogP contribution in [0.15, 0.2) is 30.5 Å². The summed E-state index contributed by atoms with van der Waals surface area (Å²) in [7, 11) is 0. The van der Waals surface area contributed by atoms with Crippen LogP contribution in [0.4, 0.5) is 11.5 Å². The van der Waals surface area contributed by atoms with Crippen molar-refractivity contribution in [2.45, 2.75) is 13.0 Å². The van der Waals surface area contributed by atoms with E-state index in [2.05, 4.69) is 10.3 Å². The maximum Gasteiger partial charge on any atom is 0.133 e. The number of nitrogens with one attached hydrogen (secondary N) is 1. The summed E-state index contributed by atoms with van der Waals surface area (Å²) < 4.78 is 0. The minimum absolute atomic E-state index is 0.405. The van der Waals surface area contributed by atoms with Gasteiger partial charge < -0.3 is 16.2 Å². The lowest BCUT2D eigenvalue weighted by Crippen LogP contribution is -2.16. The van der Waals surface area contributed by atoms with Gasteiger partial charge in [0.05, 0.1) is 6.10 Å². The normalized spacial score (nSPS) is 12.6. The second-order valence-corrected chi connectivity index (χ2v) is 3.83. The van der Waals surface area contributed by atoms with Gasteiger partial charge in [-0.25, -0.2) is 4.98 Å². The fourth-order valence-corrected chi connectivity index (χ4v) is 1.62. The molecular weight excluding hydrogens is 202 g/mol. The van der Waals surface area contributed by atoms with E-state index in [4.69, 9.17) is 5.73 Å². The lowest BCUT2D eigenvalue weighted by Gasteiger charge is -2.10. The highest BCUT2D eigenvalue weighted by Crippen LogP contribution is 2.25. The summed E-state index contributed by atoms with van der Waals surface area (Å²) in [4.78, 5) is 4.24. The van der Waals surface area contributed by atoms with Crippen LogP contribution in [0, 0.1) is 0 Å². The van der Waals surface area contributed by atoms with E-state index < -0.39 is 6.10 Å². The van der Waals surface area contributed by atoms with Crippen LogP contribution in [-0.4, -0.2) is 22.7 Å². The molecule has 16 heavy (non-hydrogen) atoms. The van der Waals surface area contributed by atoms with Crippen molar-refractivity contribution in [1.29, 1.82) is 0 Å². The molecule has 1 aromatic carbocycles. The highest BCUT2D eigenvalue weighted by molar-refractivity contribution is 5.99. The van der Waals surface area contributed by atoms with Crippen molar-refractivity contribution in [2.75, 3.05) is 17.6 Å². The molecule has 0 bridgehead atoms. The van der Waals surface area contributed by atoms with Gasteiger partial charge in [0.15, 0.2) is 0 Å². The molecule has 0 aliphatic rings. The zero-order valence-corrected chi connectivity index (χ0v) is 9.14. The molecule has 0 saturated heterocycles. The third-order valence-electron chi connectivity index (χ3n) is 2.40. The lowest BCUT2D eigenvalue weighted by atomic mass is 10.1. The molecule has 84 valence electrons. The number of aromatic nitrogens is 1. The first-order valence-electron chi connectivity index (χ1n) is 5.23. The highest BCUT2D eigenvalue weighted by Gasteiger charge is 2.04. The third kappa shape index (κ3) is 2.06. The summed E-state index contributed by atoms with van der Waals surface area (Å²) in [6.07, 6.45) is 1.31. The molecule has 2 rings (SSSR count). The Morgan fingerprint density at radius 2 is 2.19 bits per heavy atom. The number of aliphatic hydroxyl groups is 1. The van der Waals surface area contributed by atoms with Crippen molar-refractivity contribution in [2.24, 2.45) is 0 Å². The molecular formula is C12H15N3O. The maximum absolute atomic E-state index is 9.23. The molecule has 0 fully saturated rings. The fourth-order valence-electron chi connectivity index (χ4n) is 1.62. The highest BCUT2D eigenvalue weighted by atomic mass is 16.3. The van der Waals surface area contributed by atoms with Crippen LogP contribution in [0.3, 0.4) is 0 Å². The fraction of sp³-hybridized carbons (Fsp3) is 0.250. The monoisotopic (exact) mass is 217 g/mol. The quantitative estimate of drug-likeness (QED) is 0.683. The minimum atomic E-state index is -0.405. The van der Waals surface area contributed by atoms with Crippen molar-refractivity contribution in [3.05, 3.63) is 30.5 Å². The number of nitrogens with zero attached hydrogens (tertiary/aromatic N) is 1. The molecule has 0 aliphatic heterocycles. The Morgan fingerprint density at radius 3 is 2.94 bits per heavy atom. The molecule has 1 heterocycles. The van der Waals surface area contributed by atoms with E-state index in [1.54, 1.807) is 13.1 Å². The van der Waals surface area contributed by atoms with Crippen LogP contribution in [0.5, 0.6) is 0 Å². The van der Waals surface area contributed by atoms with E-state index in [-0.39, 0.29) is 0 Å². The molecule has 1 unspecified atom stereocenters. The van der Waals surface area contributed by atoms with E-state index in [1.165, 1.54) is 0 Å². The van der Waals surface area contributed by atoms with Crippen molar-refractivity contribution < 1.29 is 5.11 Å². The number of aliphatic hydroxyl groups excluding tert-OH is 1. The first-order valence-corrected chi connectivity index (χ1v) is 5.23. The SMILES string of the molecule is CC(O)CNc1nccc2c(N)cccc12. The number of nitrogen functional groups attached to an aromatic ring is 1.